The van der Waals surface area contributed by atoms with E-state index in [9.17, 15) is 14.4 Å². The number of Topliss-reactive ketones (excluding diaryl/α,β-unsaturated/α-hetero) is 1. The molecular formula is C26H35N3O5. The zero-order valence-corrected chi connectivity index (χ0v) is 20.3. The van der Waals surface area contributed by atoms with Gasteiger partial charge in [-0.05, 0) is 44.4 Å². The third-order valence-electron chi connectivity index (χ3n) is 5.49. The van der Waals surface area contributed by atoms with Crippen LogP contribution in [0.15, 0.2) is 54.6 Å². The van der Waals surface area contributed by atoms with Crippen LogP contribution in [0.1, 0.15) is 31.4 Å². The van der Waals surface area contributed by atoms with Crippen LogP contribution in [-0.2, 0) is 25.5 Å². The van der Waals surface area contributed by atoms with E-state index in [1.165, 1.54) is 5.56 Å². The Balaban J connectivity index is 0.000000379. The Bertz CT molecular complexity index is 943. The molecule has 3 rings (SSSR count). The maximum absolute atomic E-state index is 12.6. The number of ether oxygens (including phenoxy) is 2. The van der Waals surface area contributed by atoms with E-state index in [1.807, 2.05) is 54.6 Å². The van der Waals surface area contributed by atoms with Crippen LogP contribution in [0.5, 0.6) is 5.75 Å². The van der Waals surface area contributed by atoms with Gasteiger partial charge in [0.25, 0.3) is 0 Å². The molecule has 0 aromatic heterocycles. The first-order valence-corrected chi connectivity index (χ1v) is 11.3. The summed E-state index contributed by atoms with van der Waals surface area (Å²) in [4.78, 5) is 36.4. The molecule has 34 heavy (non-hydrogen) atoms. The van der Waals surface area contributed by atoms with Gasteiger partial charge in [0.1, 0.15) is 11.4 Å². The molecular weight excluding hydrogens is 434 g/mol. The smallest absolute Gasteiger partial charge is 0.239 e. The van der Waals surface area contributed by atoms with E-state index in [4.69, 9.17) is 15.2 Å². The highest BCUT2D eigenvalue weighted by Gasteiger charge is 2.50. The standard InChI is InChI=1S/C18H25N3O4.C8H10O/c1-3-13(19)17(24)20-10-15(22)21-14(16(23)18(2)11-25-18)9-12-7-5-4-6-8-12;1-7-3-5-8(9-2)6-4-7/h4-8,13-14H,3,9-11,19H2,1-2H3,(H,20,24)(H,21,22);3-6H,1-2H3. The highest BCUT2D eigenvalue weighted by Crippen LogP contribution is 2.29. The first kappa shape index (κ1) is 27.0. The number of epoxide rings is 1. The number of aryl methyl sites for hydroxylation is 1. The predicted octanol–water partition coefficient (Wildman–Crippen LogP) is 1.93. The lowest BCUT2D eigenvalue weighted by Gasteiger charge is -2.20. The van der Waals surface area contributed by atoms with Gasteiger partial charge in [-0.15, -0.1) is 0 Å². The zero-order valence-electron chi connectivity index (χ0n) is 20.3. The van der Waals surface area contributed by atoms with Crippen LogP contribution in [-0.4, -0.2) is 55.5 Å². The molecule has 2 aromatic rings. The lowest BCUT2D eigenvalue weighted by molar-refractivity contribution is -0.131. The van der Waals surface area contributed by atoms with E-state index < -0.39 is 23.6 Å². The highest BCUT2D eigenvalue weighted by molar-refractivity contribution is 5.97. The molecule has 0 radical (unpaired) electrons. The van der Waals surface area contributed by atoms with Gasteiger partial charge in [-0.25, -0.2) is 0 Å². The predicted molar refractivity (Wildman–Crippen MR) is 130 cm³/mol. The molecule has 3 unspecified atom stereocenters. The first-order chi connectivity index (χ1) is 16.2. The minimum atomic E-state index is -0.833. The summed E-state index contributed by atoms with van der Waals surface area (Å²) in [6, 6.07) is 16.0. The van der Waals surface area contributed by atoms with Gasteiger partial charge >= 0.3 is 0 Å². The third kappa shape index (κ3) is 8.61. The zero-order chi connectivity index (χ0) is 25.1. The van der Waals surface area contributed by atoms with Gasteiger partial charge in [0.15, 0.2) is 5.78 Å². The first-order valence-electron chi connectivity index (χ1n) is 11.3. The van der Waals surface area contributed by atoms with Gasteiger partial charge in [0.2, 0.25) is 11.8 Å². The second kappa shape index (κ2) is 12.9. The van der Waals surface area contributed by atoms with Gasteiger partial charge in [-0.2, -0.15) is 0 Å². The quantitative estimate of drug-likeness (QED) is 0.457. The summed E-state index contributed by atoms with van der Waals surface area (Å²) in [6.45, 7) is 5.69. The van der Waals surface area contributed by atoms with Crippen molar-refractivity contribution in [1.29, 1.82) is 0 Å². The number of amides is 2. The lowest BCUT2D eigenvalue weighted by atomic mass is 9.95. The summed E-state index contributed by atoms with van der Waals surface area (Å²) in [6.07, 6.45) is 0.852. The fourth-order valence-corrected chi connectivity index (χ4v) is 3.08. The van der Waals surface area contributed by atoms with E-state index in [-0.39, 0.29) is 18.2 Å². The summed E-state index contributed by atoms with van der Waals surface area (Å²) < 4.78 is 10.2. The van der Waals surface area contributed by atoms with Gasteiger partial charge in [-0.3, -0.25) is 14.4 Å². The maximum Gasteiger partial charge on any atom is 0.239 e. The monoisotopic (exact) mass is 469 g/mol. The number of hydrogen-bond donors (Lipinski definition) is 3. The van der Waals surface area contributed by atoms with Crippen molar-refractivity contribution in [3.05, 3.63) is 65.7 Å². The molecule has 4 N–H and O–H groups in total. The summed E-state index contributed by atoms with van der Waals surface area (Å²) in [5, 5.41) is 5.18. The van der Waals surface area contributed by atoms with Gasteiger partial charge in [0, 0.05) is 0 Å². The van der Waals surface area contributed by atoms with Crippen molar-refractivity contribution in [3.8, 4) is 5.75 Å². The molecule has 3 atom stereocenters. The number of nitrogens with one attached hydrogen (secondary N) is 2. The Morgan fingerprint density at radius 3 is 2.26 bits per heavy atom. The maximum atomic E-state index is 12.6. The van der Waals surface area contributed by atoms with Crippen LogP contribution < -0.4 is 21.1 Å². The number of rotatable bonds is 10. The summed E-state index contributed by atoms with van der Waals surface area (Å²) in [5.41, 5.74) is 6.97. The molecule has 0 saturated carbocycles. The Kier molecular flexibility index (Phi) is 10.2. The summed E-state index contributed by atoms with van der Waals surface area (Å²) >= 11 is 0. The average Bonchev–Trinajstić information content (AvgIpc) is 3.61. The SMILES string of the molecule is CCC(N)C(=O)NCC(=O)NC(Cc1ccccc1)C(=O)C1(C)CO1.COc1ccc(C)cc1. The molecule has 1 aliphatic rings. The topological polar surface area (TPSA) is 123 Å². The summed E-state index contributed by atoms with van der Waals surface area (Å²) in [5.74, 6) is -0.0712. The number of hydrogen-bond acceptors (Lipinski definition) is 6. The second-order valence-electron chi connectivity index (χ2n) is 8.44. The Hall–Kier alpha value is -3.23. The van der Waals surface area contributed by atoms with Crippen molar-refractivity contribution in [1.82, 2.24) is 10.6 Å². The number of benzene rings is 2. The minimum Gasteiger partial charge on any atom is -0.497 e. The largest absolute Gasteiger partial charge is 0.497 e. The number of carbonyl (C=O) groups is 3. The number of methoxy groups -OCH3 is 1. The van der Waals surface area contributed by atoms with E-state index in [0.717, 1.165) is 11.3 Å². The molecule has 8 nitrogen and oxygen atoms in total. The van der Waals surface area contributed by atoms with Crippen LogP contribution in [0.3, 0.4) is 0 Å². The number of carbonyl (C=O) groups excluding carboxylic acids is 3. The molecule has 8 heteroatoms. The van der Waals surface area contributed by atoms with E-state index in [1.54, 1.807) is 21.0 Å². The third-order valence-corrected chi connectivity index (χ3v) is 5.49. The fourth-order valence-electron chi connectivity index (χ4n) is 3.08. The van der Waals surface area contributed by atoms with Gasteiger partial charge in [-0.1, -0.05) is 55.0 Å². The molecule has 184 valence electrons. The van der Waals surface area contributed by atoms with E-state index in [0.29, 0.717) is 19.4 Å². The Morgan fingerprint density at radius 2 is 1.74 bits per heavy atom. The Morgan fingerprint density at radius 1 is 1.12 bits per heavy atom. The molecule has 1 saturated heterocycles. The van der Waals surface area contributed by atoms with Crippen LogP contribution in [0, 0.1) is 6.92 Å². The molecule has 0 spiro atoms. The van der Waals surface area contributed by atoms with Gasteiger partial charge in [0.05, 0.1) is 32.3 Å². The van der Waals surface area contributed by atoms with Crippen molar-refractivity contribution in [2.45, 2.75) is 51.3 Å². The normalized spacial score (nSPS) is 17.9. The van der Waals surface area contributed by atoms with Crippen molar-refractivity contribution in [3.63, 3.8) is 0 Å². The average molecular weight is 470 g/mol. The molecule has 0 aliphatic carbocycles. The molecule has 1 fully saturated rings. The van der Waals surface area contributed by atoms with Crippen molar-refractivity contribution >= 4 is 17.6 Å². The minimum absolute atomic E-state index is 0.165. The van der Waals surface area contributed by atoms with Crippen molar-refractivity contribution in [2.75, 3.05) is 20.3 Å². The molecule has 2 aromatic carbocycles. The van der Waals surface area contributed by atoms with E-state index >= 15 is 0 Å². The highest BCUT2D eigenvalue weighted by atomic mass is 16.6. The molecule has 0 bridgehead atoms. The van der Waals surface area contributed by atoms with Crippen LogP contribution in [0.25, 0.3) is 0 Å². The molecule has 2 amide bonds. The van der Waals surface area contributed by atoms with E-state index in [2.05, 4.69) is 17.6 Å². The van der Waals surface area contributed by atoms with Gasteiger partial charge < -0.3 is 25.8 Å². The molecule has 1 heterocycles. The Labute approximate surface area is 201 Å². The van der Waals surface area contributed by atoms with Crippen molar-refractivity contribution in [2.24, 2.45) is 5.73 Å². The van der Waals surface area contributed by atoms with Crippen molar-refractivity contribution < 1.29 is 23.9 Å². The molecule has 1 aliphatic heterocycles. The van der Waals surface area contributed by atoms with Crippen LogP contribution in [0.2, 0.25) is 0 Å². The number of ketones is 1. The number of nitrogens with two attached hydrogens (primary N) is 1. The van der Waals surface area contributed by atoms with Crippen LogP contribution >= 0.6 is 0 Å². The summed E-state index contributed by atoms with van der Waals surface area (Å²) in [7, 11) is 1.67. The van der Waals surface area contributed by atoms with Crippen LogP contribution in [0.4, 0.5) is 0 Å². The second-order valence-corrected chi connectivity index (χ2v) is 8.44. The lowest BCUT2D eigenvalue weighted by Crippen LogP contribution is -2.51. The fraction of sp³-hybridized carbons (Fsp3) is 0.423.